The quantitative estimate of drug-likeness (QED) is 0.804. The number of nitrogens with one attached hydrogen (secondary N) is 1. The first-order valence-electron chi connectivity index (χ1n) is 10.1. The Morgan fingerprint density at radius 3 is 2.39 bits per heavy atom. The van der Waals surface area contributed by atoms with Crippen molar-refractivity contribution < 1.29 is 19.1 Å². The third-order valence-corrected chi connectivity index (χ3v) is 6.51. The predicted octanol–water partition coefficient (Wildman–Crippen LogP) is 2.52. The number of carbonyl (C=O) groups is 2. The molecule has 0 bridgehead atoms. The van der Waals surface area contributed by atoms with E-state index in [1.807, 2.05) is 12.1 Å². The SMILES string of the molecule is COc1cc2c(cc1OC)CN(CN1C(=O)NC3(CCC(C)CC3)C1=O)CC2. The summed E-state index contributed by atoms with van der Waals surface area (Å²) in [4.78, 5) is 29.2. The second kappa shape index (κ2) is 7.28. The molecule has 7 heteroatoms. The van der Waals surface area contributed by atoms with Crippen LogP contribution in [0.5, 0.6) is 11.5 Å². The van der Waals surface area contributed by atoms with Crippen LogP contribution in [-0.2, 0) is 17.8 Å². The lowest BCUT2D eigenvalue weighted by molar-refractivity contribution is -0.134. The van der Waals surface area contributed by atoms with Gasteiger partial charge in [-0.15, -0.1) is 0 Å². The van der Waals surface area contributed by atoms with E-state index in [9.17, 15) is 9.59 Å². The van der Waals surface area contributed by atoms with Crippen LogP contribution in [0.1, 0.15) is 43.7 Å². The highest BCUT2D eigenvalue weighted by atomic mass is 16.5. The molecule has 0 unspecified atom stereocenters. The molecule has 0 radical (unpaired) electrons. The van der Waals surface area contributed by atoms with Crippen molar-refractivity contribution in [3.8, 4) is 11.5 Å². The zero-order chi connectivity index (χ0) is 19.9. The van der Waals surface area contributed by atoms with Gasteiger partial charge in [-0.2, -0.15) is 0 Å². The van der Waals surface area contributed by atoms with Gasteiger partial charge >= 0.3 is 6.03 Å². The average Bonchev–Trinajstić information content (AvgIpc) is 2.93. The number of methoxy groups -OCH3 is 2. The highest BCUT2D eigenvalue weighted by Crippen LogP contribution is 2.37. The van der Waals surface area contributed by atoms with E-state index in [-0.39, 0.29) is 11.9 Å². The Kier molecular flexibility index (Phi) is 4.95. The summed E-state index contributed by atoms with van der Waals surface area (Å²) in [5.74, 6) is 2.00. The molecular weight excluding hydrogens is 358 g/mol. The molecule has 152 valence electrons. The van der Waals surface area contributed by atoms with Gasteiger partial charge in [-0.3, -0.25) is 9.69 Å². The van der Waals surface area contributed by atoms with Gasteiger partial charge in [0.05, 0.1) is 20.9 Å². The fourth-order valence-corrected chi connectivity index (χ4v) is 4.66. The number of amides is 3. The Balaban J connectivity index is 1.47. The Morgan fingerprint density at radius 1 is 1.11 bits per heavy atom. The molecule has 2 aliphatic heterocycles. The van der Waals surface area contributed by atoms with E-state index < -0.39 is 5.54 Å². The minimum absolute atomic E-state index is 0.0532. The molecular formula is C21H29N3O4. The first kappa shape index (κ1) is 19.1. The van der Waals surface area contributed by atoms with Crippen molar-refractivity contribution >= 4 is 11.9 Å². The smallest absolute Gasteiger partial charge is 0.326 e. The number of carbonyl (C=O) groups excluding carboxylic acids is 2. The first-order chi connectivity index (χ1) is 13.5. The van der Waals surface area contributed by atoms with Gasteiger partial charge in [-0.1, -0.05) is 6.92 Å². The van der Waals surface area contributed by atoms with Crippen molar-refractivity contribution in [2.45, 2.75) is 51.1 Å². The molecule has 1 saturated carbocycles. The van der Waals surface area contributed by atoms with Gasteiger partial charge in [0.2, 0.25) is 0 Å². The normalized spacial score (nSPS) is 27.7. The Bertz CT molecular complexity index is 786. The summed E-state index contributed by atoms with van der Waals surface area (Å²) in [5, 5.41) is 3.01. The van der Waals surface area contributed by atoms with Crippen molar-refractivity contribution in [3.63, 3.8) is 0 Å². The molecule has 1 saturated heterocycles. The minimum Gasteiger partial charge on any atom is -0.493 e. The number of benzene rings is 1. The largest absolute Gasteiger partial charge is 0.493 e. The number of nitrogens with zero attached hydrogens (tertiary/aromatic N) is 2. The molecule has 1 N–H and O–H groups in total. The molecule has 3 amide bonds. The van der Waals surface area contributed by atoms with E-state index in [0.29, 0.717) is 24.9 Å². The Hall–Kier alpha value is -2.28. The molecule has 1 aromatic rings. The second-order valence-electron chi connectivity index (χ2n) is 8.35. The highest BCUT2D eigenvalue weighted by Gasteiger charge is 2.52. The zero-order valence-corrected chi connectivity index (χ0v) is 16.9. The van der Waals surface area contributed by atoms with E-state index in [1.165, 1.54) is 10.5 Å². The number of imide groups is 1. The maximum atomic E-state index is 13.1. The van der Waals surface area contributed by atoms with Crippen LogP contribution in [0.3, 0.4) is 0 Å². The summed E-state index contributed by atoms with van der Waals surface area (Å²) in [6, 6.07) is 3.77. The fourth-order valence-electron chi connectivity index (χ4n) is 4.66. The van der Waals surface area contributed by atoms with Crippen molar-refractivity contribution in [1.29, 1.82) is 0 Å². The van der Waals surface area contributed by atoms with Crippen molar-refractivity contribution in [3.05, 3.63) is 23.3 Å². The average molecular weight is 387 g/mol. The zero-order valence-electron chi connectivity index (χ0n) is 16.9. The van der Waals surface area contributed by atoms with E-state index in [2.05, 4.69) is 17.1 Å². The molecule has 4 rings (SSSR count). The lowest BCUT2D eigenvalue weighted by atomic mass is 9.77. The van der Waals surface area contributed by atoms with E-state index in [0.717, 1.165) is 50.0 Å². The minimum atomic E-state index is -0.673. The molecule has 2 heterocycles. The van der Waals surface area contributed by atoms with Gasteiger partial charge in [0.25, 0.3) is 5.91 Å². The molecule has 28 heavy (non-hydrogen) atoms. The molecule has 0 atom stereocenters. The van der Waals surface area contributed by atoms with Crippen LogP contribution < -0.4 is 14.8 Å². The molecule has 1 aliphatic carbocycles. The summed E-state index contributed by atoms with van der Waals surface area (Å²) >= 11 is 0. The van der Waals surface area contributed by atoms with Crippen LogP contribution in [0.4, 0.5) is 4.79 Å². The maximum absolute atomic E-state index is 13.1. The van der Waals surface area contributed by atoms with Gasteiger partial charge < -0.3 is 14.8 Å². The number of ether oxygens (including phenoxy) is 2. The van der Waals surface area contributed by atoms with Crippen LogP contribution >= 0.6 is 0 Å². The van der Waals surface area contributed by atoms with Crippen LogP contribution in [-0.4, -0.2) is 54.7 Å². The van der Waals surface area contributed by atoms with Gasteiger partial charge in [-0.25, -0.2) is 9.69 Å². The highest BCUT2D eigenvalue weighted by molar-refractivity contribution is 6.07. The van der Waals surface area contributed by atoms with E-state index >= 15 is 0 Å². The summed E-state index contributed by atoms with van der Waals surface area (Å²) in [6.45, 7) is 4.01. The number of rotatable bonds is 4. The first-order valence-corrected chi connectivity index (χ1v) is 10.1. The maximum Gasteiger partial charge on any atom is 0.326 e. The Morgan fingerprint density at radius 2 is 1.75 bits per heavy atom. The van der Waals surface area contributed by atoms with Crippen molar-refractivity contribution in [2.75, 3.05) is 27.4 Å². The summed E-state index contributed by atoms with van der Waals surface area (Å²) < 4.78 is 10.8. The molecule has 1 aromatic carbocycles. The molecule has 3 aliphatic rings. The van der Waals surface area contributed by atoms with E-state index in [4.69, 9.17) is 9.47 Å². The molecule has 1 spiro atoms. The lowest BCUT2D eigenvalue weighted by Gasteiger charge is -2.34. The summed E-state index contributed by atoms with van der Waals surface area (Å²) in [7, 11) is 3.27. The summed E-state index contributed by atoms with van der Waals surface area (Å²) in [5.41, 5.74) is 1.70. The van der Waals surface area contributed by atoms with Crippen molar-refractivity contribution in [1.82, 2.24) is 15.1 Å². The van der Waals surface area contributed by atoms with E-state index in [1.54, 1.807) is 14.2 Å². The fraction of sp³-hybridized carbons (Fsp3) is 0.619. The number of hydrogen-bond acceptors (Lipinski definition) is 5. The topological polar surface area (TPSA) is 71.1 Å². The predicted molar refractivity (Wildman–Crippen MR) is 104 cm³/mol. The summed E-state index contributed by atoms with van der Waals surface area (Å²) in [6.07, 6.45) is 4.31. The second-order valence-corrected chi connectivity index (χ2v) is 8.35. The monoisotopic (exact) mass is 387 g/mol. The van der Waals surface area contributed by atoms with Gasteiger partial charge in [0, 0.05) is 13.1 Å². The Labute approximate surface area is 166 Å². The molecule has 2 fully saturated rings. The number of urea groups is 1. The van der Waals surface area contributed by atoms with Gasteiger partial charge in [0.1, 0.15) is 5.54 Å². The third kappa shape index (κ3) is 3.21. The number of hydrogen-bond donors (Lipinski definition) is 1. The standard InChI is InChI=1S/C21H29N3O4/c1-14-4-7-21(8-5-14)19(25)24(20(26)22-21)13-23-9-6-15-10-17(27-2)18(28-3)11-16(15)12-23/h10-11,14H,4-9,12-13H2,1-3H3,(H,22,26). The lowest BCUT2D eigenvalue weighted by Crippen LogP contribution is -2.50. The van der Waals surface area contributed by atoms with Crippen LogP contribution in [0.2, 0.25) is 0 Å². The third-order valence-electron chi connectivity index (χ3n) is 6.51. The van der Waals surface area contributed by atoms with Crippen LogP contribution in [0.15, 0.2) is 12.1 Å². The molecule has 0 aromatic heterocycles. The number of fused-ring (bicyclic) bond motifs is 1. The van der Waals surface area contributed by atoms with Crippen LogP contribution in [0.25, 0.3) is 0 Å². The van der Waals surface area contributed by atoms with Crippen LogP contribution in [0, 0.1) is 5.92 Å². The van der Waals surface area contributed by atoms with Crippen molar-refractivity contribution in [2.24, 2.45) is 5.92 Å². The van der Waals surface area contributed by atoms with Gasteiger partial charge in [0.15, 0.2) is 11.5 Å². The molecule has 7 nitrogen and oxygen atoms in total. The van der Waals surface area contributed by atoms with Gasteiger partial charge in [-0.05, 0) is 61.3 Å².